The Morgan fingerprint density at radius 1 is 1.62 bits per heavy atom. The fraction of sp³-hybridized carbons (Fsp3) is 0.455. The van der Waals surface area contributed by atoms with Crippen LogP contribution in [0.1, 0.15) is 23.3 Å². The molecule has 1 aliphatic rings. The van der Waals surface area contributed by atoms with E-state index >= 15 is 0 Å². The van der Waals surface area contributed by atoms with Crippen molar-refractivity contribution in [1.29, 1.82) is 0 Å². The van der Waals surface area contributed by atoms with E-state index in [1.807, 2.05) is 0 Å². The normalized spacial score (nSPS) is 20.1. The van der Waals surface area contributed by atoms with Crippen LogP contribution in [0.5, 0.6) is 0 Å². The second kappa shape index (κ2) is 4.80. The lowest BCUT2D eigenvalue weighted by atomic mass is 10.2. The molecule has 16 heavy (non-hydrogen) atoms. The standard InChI is InChI=1S/C11H14ClN3O/c12-8-3-4-10(14-7-8)11(16)15-5-1-2-9(15)6-13/h3-4,7,9H,1-2,5-6,13H2. The molecule has 1 aromatic heterocycles. The fourth-order valence-corrected chi connectivity index (χ4v) is 2.11. The first kappa shape index (κ1) is 11.4. The third-order valence-corrected chi connectivity index (χ3v) is 3.08. The van der Waals surface area contributed by atoms with Gasteiger partial charge in [-0.3, -0.25) is 4.79 Å². The van der Waals surface area contributed by atoms with Gasteiger partial charge < -0.3 is 10.6 Å². The molecule has 0 spiro atoms. The van der Waals surface area contributed by atoms with E-state index < -0.39 is 0 Å². The molecular formula is C11H14ClN3O. The number of nitrogens with zero attached hydrogens (tertiary/aromatic N) is 2. The number of hydrogen-bond donors (Lipinski definition) is 1. The maximum atomic E-state index is 12.1. The maximum absolute atomic E-state index is 12.1. The van der Waals surface area contributed by atoms with Gasteiger partial charge in [0.2, 0.25) is 0 Å². The van der Waals surface area contributed by atoms with Crippen LogP contribution in [0.3, 0.4) is 0 Å². The van der Waals surface area contributed by atoms with Crippen LogP contribution in [-0.2, 0) is 0 Å². The highest BCUT2D eigenvalue weighted by atomic mass is 35.5. The van der Waals surface area contributed by atoms with Gasteiger partial charge in [0.1, 0.15) is 5.69 Å². The number of halogens is 1. The molecule has 1 saturated heterocycles. The summed E-state index contributed by atoms with van der Waals surface area (Å²) in [5.74, 6) is -0.0513. The Labute approximate surface area is 99.4 Å². The number of carbonyl (C=O) groups excluding carboxylic acids is 1. The summed E-state index contributed by atoms with van der Waals surface area (Å²) in [4.78, 5) is 17.9. The summed E-state index contributed by atoms with van der Waals surface area (Å²) in [5, 5.41) is 0.536. The van der Waals surface area contributed by atoms with Crippen LogP contribution in [0.25, 0.3) is 0 Å². The molecule has 4 nitrogen and oxygen atoms in total. The van der Waals surface area contributed by atoms with Gasteiger partial charge in [-0.05, 0) is 25.0 Å². The van der Waals surface area contributed by atoms with Crippen molar-refractivity contribution in [3.63, 3.8) is 0 Å². The highest BCUT2D eigenvalue weighted by Crippen LogP contribution is 2.19. The molecule has 0 saturated carbocycles. The van der Waals surface area contributed by atoms with Gasteiger partial charge in [-0.2, -0.15) is 0 Å². The van der Waals surface area contributed by atoms with Crippen molar-refractivity contribution in [2.75, 3.05) is 13.1 Å². The fourth-order valence-electron chi connectivity index (χ4n) is 2.00. The van der Waals surface area contributed by atoms with Crippen LogP contribution in [0.2, 0.25) is 5.02 Å². The van der Waals surface area contributed by atoms with E-state index in [1.165, 1.54) is 6.20 Å². The zero-order valence-corrected chi connectivity index (χ0v) is 9.65. The first-order chi connectivity index (χ1) is 7.72. The average Bonchev–Trinajstić information content (AvgIpc) is 2.77. The van der Waals surface area contributed by atoms with Crippen molar-refractivity contribution in [3.8, 4) is 0 Å². The third kappa shape index (κ3) is 2.18. The van der Waals surface area contributed by atoms with Gasteiger partial charge in [-0.1, -0.05) is 11.6 Å². The summed E-state index contributed by atoms with van der Waals surface area (Å²) in [5.41, 5.74) is 6.06. The van der Waals surface area contributed by atoms with Gasteiger partial charge in [0.05, 0.1) is 5.02 Å². The van der Waals surface area contributed by atoms with E-state index in [0.717, 1.165) is 19.4 Å². The largest absolute Gasteiger partial charge is 0.333 e. The number of likely N-dealkylation sites (tertiary alicyclic amines) is 1. The number of pyridine rings is 1. The van der Waals surface area contributed by atoms with Crippen molar-refractivity contribution < 1.29 is 4.79 Å². The van der Waals surface area contributed by atoms with Gasteiger partial charge >= 0.3 is 0 Å². The molecule has 1 aliphatic heterocycles. The second-order valence-corrected chi connectivity index (χ2v) is 4.33. The second-order valence-electron chi connectivity index (χ2n) is 3.89. The van der Waals surface area contributed by atoms with Crippen LogP contribution in [0, 0.1) is 0 Å². The molecule has 2 rings (SSSR count). The molecule has 1 aromatic rings. The lowest BCUT2D eigenvalue weighted by Gasteiger charge is -2.22. The monoisotopic (exact) mass is 239 g/mol. The Morgan fingerprint density at radius 2 is 2.44 bits per heavy atom. The Bertz CT molecular complexity index is 379. The van der Waals surface area contributed by atoms with E-state index in [0.29, 0.717) is 17.3 Å². The zero-order chi connectivity index (χ0) is 11.5. The van der Waals surface area contributed by atoms with Crippen molar-refractivity contribution >= 4 is 17.5 Å². The van der Waals surface area contributed by atoms with Crippen molar-refractivity contribution in [2.24, 2.45) is 5.73 Å². The molecule has 0 aromatic carbocycles. The SMILES string of the molecule is NCC1CCCN1C(=O)c1ccc(Cl)cn1. The van der Waals surface area contributed by atoms with E-state index in [1.54, 1.807) is 17.0 Å². The minimum Gasteiger partial charge on any atom is -0.333 e. The van der Waals surface area contributed by atoms with Crippen LogP contribution in [0.4, 0.5) is 0 Å². The molecule has 86 valence electrons. The summed E-state index contributed by atoms with van der Waals surface area (Å²) >= 11 is 5.72. The first-order valence-corrected chi connectivity index (χ1v) is 5.73. The summed E-state index contributed by atoms with van der Waals surface area (Å²) in [6.45, 7) is 1.28. The lowest BCUT2D eigenvalue weighted by Crippen LogP contribution is -2.40. The number of rotatable bonds is 2. The van der Waals surface area contributed by atoms with Crippen molar-refractivity contribution in [2.45, 2.75) is 18.9 Å². The van der Waals surface area contributed by atoms with Crippen LogP contribution < -0.4 is 5.73 Å². The number of carbonyl (C=O) groups is 1. The minimum atomic E-state index is -0.0513. The molecule has 2 N–H and O–H groups in total. The highest BCUT2D eigenvalue weighted by Gasteiger charge is 2.28. The van der Waals surface area contributed by atoms with Gasteiger partial charge in [-0.15, -0.1) is 0 Å². The number of hydrogen-bond acceptors (Lipinski definition) is 3. The van der Waals surface area contributed by atoms with Crippen LogP contribution >= 0.6 is 11.6 Å². The van der Waals surface area contributed by atoms with E-state index in [2.05, 4.69) is 4.98 Å². The quantitative estimate of drug-likeness (QED) is 0.846. The number of nitrogens with two attached hydrogens (primary N) is 1. The molecule has 0 radical (unpaired) electrons. The average molecular weight is 240 g/mol. The summed E-state index contributed by atoms with van der Waals surface area (Å²) in [6, 6.07) is 3.48. The minimum absolute atomic E-state index is 0.0513. The molecule has 0 bridgehead atoms. The Balaban J connectivity index is 2.15. The number of aromatic nitrogens is 1. The van der Waals surface area contributed by atoms with E-state index in [4.69, 9.17) is 17.3 Å². The summed E-state index contributed by atoms with van der Waals surface area (Å²) in [7, 11) is 0. The number of amides is 1. The summed E-state index contributed by atoms with van der Waals surface area (Å²) in [6.07, 6.45) is 3.49. The predicted molar refractivity (Wildman–Crippen MR) is 62.4 cm³/mol. The van der Waals surface area contributed by atoms with Crippen molar-refractivity contribution in [1.82, 2.24) is 9.88 Å². The Morgan fingerprint density at radius 3 is 3.06 bits per heavy atom. The Hall–Kier alpha value is -1.13. The van der Waals surface area contributed by atoms with Crippen LogP contribution in [0.15, 0.2) is 18.3 Å². The molecule has 1 fully saturated rings. The van der Waals surface area contributed by atoms with Gasteiger partial charge in [-0.25, -0.2) is 4.98 Å². The molecular weight excluding hydrogens is 226 g/mol. The molecule has 1 unspecified atom stereocenters. The first-order valence-electron chi connectivity index (χ1n) is 5.35. The molecule has 1 amide bonds. The lowest BCUT2D eigenvalue weighted by molar-refractivity contribution is 0.0735. The molecule has 5 heteroatoms. The maximum Gasteiger partial charge on any atom is 0.272 e. The molecule has 2 heterocycles. The molecule has 0 aliphatic carbocycles. The van der Waals surface area contributed by atoms with E-state index in [9.17, 15) is 4.79 Å². The van der Waals surface area contributed by atoms with Gasteiger partial charge in [0.15, 0.2) is 0 Å². The van der Waals surface area contributed by atoms with Gasteiger partial charge in [0.25, 0.3) is 5.91 Å². The predicted octanol–water partition coefficient (Wildman–Crippen LogP) is 1.30. The summed E-state index contributed by atoms with van der Waals surface area (Å²) < 4.78 is 0. The molecule has 1 atom stereocenters. The van der Waals surface area contributed by atoms with Gasteiger partial charge in [0, 0.05) is 25.3 Å². The van der Waals surface area contributed by atoms with Crippen molar-refractivity contribution in [3.05, 3.63) is 29.0 Å². The van der Waals surface area contributed by atoms with E-state index in [-0.39, 0.29) is 11.9 Å². The highest BCUT2D eigenvalue weighted by molar-refractivity contribution is 6.30. The smallest absolute Gasteiger partial charge is 0.272 e. The third-order valence-electron chi connectivity index (χ3n) is 2.86. The Kier molecular flexibility index (Phi) is 3.41. The zero-order valence-electron chi connectivity index (χ0n) is 8.90. The van der Waals surface area contributed by atoms with Crippen LogP contribution in [-0.4, -0.2) is 34.9 Å². The topological polar surface area (TPSA) is 59.2 Å².